The molecule has 6 nitrogen and oxygen atoms in total. The molecule has 0 amide bonds. The maximum Gasteiger partial charge on any atom is 0.305 e. The van der Waals surface area contributed by atoms with E-state index in [4.69, 9.17) is 14.2 Å². The van der Waals surface area contributed by atoms with E-state index in [0.717, 1.165) is 28.6 Å². The fourth-order valence-electron chi connectivity index (χ4n) is 4.87. The maximum atomic E-state index is 13.5. The number of fused-ring (bicyclic) bond motifs is 1. The molecule has 1 heterocycles. The van der Waals surface area contributed by atoms with Crippen molar-refractivity contribution >= 4 is 22.7 Å². The molecular formula is C34H39NO5. The smallest absolute Gasteiger partial charge is 0.305 e. The number of benzene rings is 3. The summed E-state index contributed by atoms with van der Waals surface area (Å²) in [5.74, 6) is 1.87. The van der Waals surface area contributed by atoms with Gasteiger partial charge in [-0.3, -0.25) is 9.59 Å². The number of aryl methyl sites for hydroxylation is 1. The van der Waals surface area contributed by atoms with Crippen LogP contribution in [0.3, 0.4) is 0 Å². The van der Waals surface area contributed by atoms with E-state index in [1.165, 1.54) is 5.56 Å². The average molecular weight is 542 g/mol. The number of ketones is 1. The Morgan fingerprint density at radius 1 is 0.900 bits per heavy atom. The largest absolute Gasteiger partial charge is 0.493 e. The first-order valence-corrected chi connectivity index (χ1v) is 14.1. The number of aromatic nitrogens is 1. The molecule has 0 radical (unpaired) electrons. The van der Waals surface area contributed by atoms with Crippen molar-refractivity contribution in [1.82, 2.24) is 4.57 Å². The van der Waals surface area contributed by atoms with Crippen molar-refractivity contribution in [2.75, 3.05) is 13.2 Å². The summed E-state index contributed by atoms with van der Waals surface area (Å²) in [6.45, 7) is 10.2. The quantitative estimate of drug-likeness (QED) is 0.123. The fraction of sp³-hybridized carbons (Fsp3) is 0.353. The highest BCUT2D eigenvalue weighted by Crippen LogP contribution is 2.27. The zero-order valence-electron chi connectivity index (χ0n) is 23.9. The first-order chi connectivity index (χ1) is 19.4. The average Bonchev–Trinajstić information content (AvgIpc) is 3.31. The number of rotatable bonds is 14. The Morgan fingerprint density at radius 2 is 1.68 bits per heavy atom. The lowest BCUT2D eigenvalue weighted by atomic mass is 10.0. The standard InChI is InChI=1S/C34H39NO5/c1-5-38-32-21-25(20-24(3)4)13-14-27(32)23-40-28-17-15-26(16-18-28)34(37)30-22-35(19-9-12-33(36)39-6-2)31-11-8-7-10-29(30)31/h7-8,10-11,13-18,21-22,24H,5-6,9,12,19-20,23H2,1-4H3. The number of carbonyl (C=O) groups is 2. The molecule has 0 saturated heterocycles. The van der Waals surface area contributed by atoms with Crippen LogP contribution in [-0.4, -0.2) is 29.5 Å². The van der Waals surface area contributed by atoms with E-state index < -0.39 is 0 Å². The van der Waals surface area contributed by atoms with Crippen molar-refractivity contribution in [1.29, 1.82) is 0 Å². The molecule has 40 heavy (non-hydrogen) atoms. The molecule has 0 spiro atoms. The van der Waals surface area contributed by atoms with Crippen LogP contribution in [0, 0.1) is 5.92 Å². The van der Waals surface area contributed by atoms with Crippen LogP contribution in [0.2, 0.25) is 0 Å². The molecule has 0 unspecified atom stereocenters. The molecule has 0 aliphatic carbocycles. The summed E-state index contributed by atoms with van der Waals surface area (Å²) in [7, 11) is 0. The van der Waals surface area contributed by atoms with E-state index >= 15 is 0 Å². The van der Waals surface area contributed by atoms with E-state index in [0.29, 0.717) is 62.0 Å². The normalized spacial score (nSPS) is 11.1. The van der Waals surface area contributed by atoms with Crippen LogP contribution >= 0.6 is 0 Å². The molecule has 0 fully saturated rings. The second-order valence-electron chi connectivity index (χ2n) is 10.3. The lowest BCUT2D eigenvalue weighted by Gasteiger charge is -2.14. The Bertz CT molecular complexity index is 1430. The summed E-state index contributed by atoms with van der Waals surface area (Å²) in [5.41, 5.74) is 4.45. The number of hydrogen-bond donors (Lipinski definition) is 0. The fourth-order valence-corrected chi connectivity index (χ4v) is 4.87. The summed E-state index contributed by atoms with van der Waals surface area (Å²) >= 11 is 0. The van der Waals surface area contributed by atoms with E-state index in [9.17, 15) is 9.59 Å². The van der Waals surface area contributed by atoms with Gasteiger partial charge in [0.05, 0.1) is 13.2 Å². The topological polar surface area (TPSA) is 66.8 Å². The Labute approximate surface area is 236 Å². The van der Waals surface area contributed by atoms with Gasteiger partial charge in [-0.15, -0.1) is 0 Å². The molecule has 0 saturated carbocycles. The van der Waals surface area contributed by atoms with Gasteiger partial charge in [-0.05, 0) is 74.6 Å². The second-order valence-corrected chi connectivity index (χ2v) is 10.3. The third-order valence-corrected chi connectivity index (χ3v) is 6.70. The lowest BCUT2D eigenvalue weighted by Crippen LogP contribution is -2.06. The minimum atomic E-state index is -0.199. The molecule has 0 atom stereocenters. The van der Waals surface area contributed by atoms with E-state index in [-0.39, 0.29) is 11.8 Å². The lowest BCUT2D eigenvalue weighted by molar-refractivity contribution is -0.143. The molecule has 6 heteroatoms. The van der Waals surface area contributed by atoms with E-state index in [2.05, 4.69) is 32.0 Å². The Kier molecular flexibility index (Phi) is 10.0. The van der Waals surface area contributed by atoms with Gasteiger partial charge in [0.25, 0.3) is 0 Å². The van der Waals surface area contributed by atoms with Gasteiger partial charge in [0.1, 0.15) is 18.1 Å². The number of esters is 1. The highest BCUT2D eigenvalue weighted by molar-refractivity contribution is 6.16. The van der Waals surface area contributed by atoms with Gasteiger partial charge < -0.3 is 18.8 Å². The Morgan fingerprint density at radius 3 is 2.40 bits per heavy atom. The number of ether oxygens (including phenoxy) is 3. The van der Waals surface area contributed by atoms with Gasteiger partial charge in [-0.1, -0.05) is 44.2 Å². The van der Waals surface area contributed by atoms with Crippen molar-refractivity contribution in [2.45, 2.75) is 60.1 Å². The summed E-state index contributed by atoms with van der Waals surface area (Å²) in [6.07, 6.45) is 3.88. The zero-order valence-corrected chi connectivity index (χ0v) is 23.9. The van der Waals surface area contributed by atoms with Crippen LogP contribution < -0.4 is 9.47 Å². The molecule has 0 bridgehead atoms. The van der Waals surface area contributed by atoms with Crippen LogP contribution in [0.5, 0.6) is 11.5 Å². The highest BCUT2D eigenvalue weighted by atomic mass is 16.5. The number of hydrogen-bond acceptors (Lipinski definition) is 5. The van der Waals surface area contributed by atoms with Gasteiger partial charge in [0, 0.05) is 46.8 Å². The molecule has 0 N–H and O–H groups in total. The minimum absolute atomic E-state index is 0.0498. The number of para-hydroxylation sites is 1. The van der Waals surface area contributed by atoms with Crippen molar-refractivity contribution in [3.05, 3.63) is 95.2 Å². The molecule has 0 aliphatic heterocycles. The Hall–Kier alpha value is -4.06. The first kappa shape index (κ1) is 28.9. The summed E-state index contributed by atoms with van der Waals surface area (Å²) < 4.78 is 19.0. The first-order valence-electron chi connectivity index (χ1n) is 14.1. The molecule has 1 aromatic heterocycles. The van der Waals surface area contributed by atoms with Crippen molar-refractivity contribution in [2.24, 2.45) is 5.92 Å². The van der Waals surface area contributed by atoms with Gasteiger partial charge in [-0.25, -0.2) is 0 Å². The van der Waals surface area contributed by atoms with E-state index in [1.54, 1.807) is 19.1 Å². The summed E-state index contributed by atoms with van der Waals surface area (Å²) in [5, 5.41) is 0.897. The second kappa shape index (κ2) is 13.8. The van der Waals surface area contributed by atoms with Crippen molar-refractivity contribution in [3.8, 4) is 11.5 Å². The third kappa shape index (κ3) is 7.32. The number of nitrogens with zero attached hydrogens (tertiary/aromatic N) is 1. The Balaban J connectivity index is 1.45. The molecule has 4 aromatic rings. The van der Waals surface area contributed by atoms with Gasteiger partial charge >= 0.3 is 5.97 Å². The summed E-state index contributed by atoms with van der Waals surface area (Å²) in [4.78, 5) is 25.3. The van der Waals surface area contributed by atoms with Crippen LogP contribution in [-0.2, 0) is 29.1 Å². The van der Waals surface area contributed by atoms with Gasteiger partial charge in [0.2, 0.25) is 0 Å². The SMILES string of the molecule is CCOC(=O)CCCn1cc(C(=O)c2ccc(OCc3ccc(CC(C)C)cc3OCC)cc2)c2ccccc21. The van der Waals surface area contributed by atoms with Gasteiger partial charge in [0.15, 0.2) is 5.78 Å². The molecule has 4 rings (SSSR count). The van der Waals surface area contributed by atoms with Crippen molar-refractivity contribution < 1.29 is 23.8 Å². The predicted molar refractivity (Wildman–Crippen MR) is 158 cm³/mol. The molecule has 210 valence electrons. The predicted octanol–water partition coefficient (Wildman–Crippen LogP) is 7.39. The zero-order chi connectivity index (χ0) is 28.5. The van der Waals surface area contributed by atoms with E-state index in [1.807, 2.05) is 54.1 Å². The van der Waals surface area contributed by atoms with Crippen molar-refractivity contribution in [3.63, 3.8) is 0 Å². The van der Waals surface area contributed by atoms with Crippen LogP contribution in [0.1, 0.15) is 67.6 Å². The van der Waals surface area contributed by atoms with Gasteiger partial charge in [-0.2, -0.15) is 0 Å². The molecule has 3 aromatic carbocycles. The monoisotopic (exact) mass is 541 g/mol. The third-order valence-electron chi connectivity index (χ3n) is 6.70. The maximum absolute atomic E-state index is 13.5. The highest BCUT2D eigenvalue weighted by Gasteiger charge is 2.17. The van der Waals surface area contributed by atoms with Crippen LogP contribution in [0.15, 0.2) is 72.9 Å². The molecular weight excluding hydrogens is 502 g/mol. The van der Waals surface area contributed by atoms with Crippen LogP contribution in [0.25, 0.3) is 10.9 Å². The minimum Gasteiger partial charge on any atom is -0.493 e. The van der Waals surface area contributed by atoms with Crippen LogP contribution in [0.4, 0.5) is 0 Å². The summed E-state index contributed by atoms with van der Waals surface area (Å²) in [6, 6.07) is 21.4. The number of carbonyl (C=O) groups excluding carboxylic acids is 2. The molecule has 0 aliphatic rings.